The summed E-state index contributed by atoms with van der Waals surface area (Å²) < 4.78 is 22.6. The van der Waals surface area contributed by atoms with Crippen LogP contribution in [-0.2, 0) is 11.0 Å². The Hall–Kier alpha value is -1.15. The van der Waals surface area contributed by atoms with Crippen molar-refractivity contribution in [3.63, 3.8) is 0 Å². The predicted molar refractivity (Wildman–Crippen MR) is 102 cm³/mol. The van der Waals surface area contributed by atoms with Gasteiger partial charge in [-0.05, 0) is 28.8 Å². The molecule has 0 radical (unpaired) electrons. The van der Waals surface area contributed by atoms with Crippen molar-refractivity contribution in [3.8, 4) is 5.75 Å². The van der Waals surface area contributed by atoms with Crippen LogP contribution in [0.15, 0.2) is 16.7 Å². The molecule has 8 heteroatoms. The van der Waals surface area contributed by atoms with Crippen LogP contribution in [0.1, 0.15) is 46.5 Å². The molecule has 1 atom stereocenters. The molecule has 2 aromatic rings. The number of nitrogens with one attached hydrogen (secondary N) is 1. The second kappa shape index (κ2) is 8.29. The van der Waals surface area contributed by atoms with Crippen LogP contribution in [0.5, 0.6) is 5.75 Å². The second-order valence-corrected chi connectivity index (χ2v) is 8.07. The van der Waals surface area contributed by atoms with E-state index in [1.165, 1.54) is 25.7 Å². The van der Waals surface area contributed by atoms with Gasteiger partial charge in [0.15, 0.2) is 5.65 Å². The number of rotatable bonds is 5. The summed E-state index contributed by atoms with van der Waals surface area (Å²) in [5.74, 6) is 1.21. The molecule has 0 spiro atoms. The zero-order valence-corrected chi connectivity index (χ0v) is 17.0. The normalized spacial score (nSPS) is 17.2. The van der Waals surface area contributed by atoms with Gasteiger partial charge in [-0.1, -0.05) is 33.6 Å². The van der Waals surface area contributed by atoms with Crippen molar-refractivity contribution >= 4 is 38.5 Å². The first kappa shape index (κ1) is 19.2. The lowest BCUT2D eigenvalue weighted by Crippen LogP contribution is -2.21. The second-order valence-electron chi connectivity index (χ2n) is 6.10. The number of hydrogen-bond acceptors (Lipinski definition) is 4. The Morgan fingerprint density at radius 3 is 2.67 bits per heavy atom. The number of nitrogens with zero attached hydrogens (tertiary/aromatic N) is 3. The summed E-state index contributed by atoms with van der Waals surface area (Å²) in [6, 6.07) is 1.85. The smallest absolute Gasteiger partial charge is 0.240 e. The van der Waals surface area contributed by atoms with Crippen molar-refractivity contribution in [2.24, 2.45) is 5.41 Å². The molecule has 134 valence electrons. The minimum atomic E-state index is -1.19. The SMILES string of the molecule is CC.CS(=O)Nc1nnc2cc(OCC3(C)CCCC3)c(Br)cn12. The highest BCUT2D eigenvalue weighted by atomic mass is 79.9. The highest BCUT2D eigenvalue weighted by molar-refractivity contribution is 9.10. The Morgan fingerprint density at radius 1 is 1.38 bits per heavy atom. The van der Waals surface area contributed by atoms with Gasteiger partial charge in [0.2, 0.25) is 5.95 Å². The first-order valence-corrected chi connectivity index (χ1v) is 10.6. The number of hydrogen-bond donors (Lipinski definition) is 1. The van der Waals surface area contributed by atoms with Crippen LogP contribution >= 0.6 is 15.9 Å². The van der Waals surface area contributed by atoms with Crippen molar-refractivity contribution in [2.75, 3.05) is 17.6 Å². The average Bonchev–Trinajstić information content (AvgIpc) is 3.14. The molecule has 0 aliphatic heterocycles. The Morgan fingerprint density at radius 2 is 2.04 bits per heavy atom. The molecular formula is C16H25BrN4O2S. The van der Waals surface area contributed by atoms with Crippen molar-refractivity contribution in [1.82, 2.24) is 14.6 Å². The fourth-order valence-electron chi connectivity index (χ4n) is 2.83. The van der Waals surface area contributed by atoms with Crippen LogP contribution < -0.4 is 9.46 Å². The van der Waals surface area contributed by atoms with Gasteiger partial charge >= 0.3 is 0 Å². The quantitative estimate of drug-likeness (QED) is 0.793. The van der Waals surface area contributed by atoms with Gasteiger partial charge in [0, 0.05) is 23.9 Å². The topological polar surface area (TPSA) is 68.5 Å². The molecule has 2 aromatic heterocycles. The van der Waals surface area contributed by atoms with E-state index in [1.807, 2.05) is 26.1 Å². The first-order chi connectivity index (χ1) is 11.5. The van der Waals surface area contributed by atoms with Crippen LogP contribution in [0, 0.1) is 5.41 Å². The van der Waals surface area contributed by atoms with E-state index in [9.17, 15) is 4.21 Å². The summed E-state index contributed by atoms with van der Waals surface area (Å²) in [4.78, 5) is 0. The van der Waals surface area contributed by atoms with Crippen molar-refractivity contribution < 1.29 is 8.95 Å². The highest BCUT2D eigenvalue weighted by Gasteiger charge is 2.29. The van der Waals surface area contributed by atoms with Gasteiger partial charge < -0.3 is 4.74 Å². The van der Waals surface area contributed by atoms with Gasteiger partial charge in [-0.2, -0.15) is 0 Å². The highest BCUT2D eigenvalue weighted by Crippen LogP contribution is 2.38. The maximum atomic E-state index is 11.3. The van der Waals surface area contributed by atoms with Crippen molar-refractivity contribution in [3.05, 3.63) is 16.7 Å². The van der Waals surface area contributed by atoms with E-state index in [4.69, 9.17) is 4.74 Å². The number of anilines is 1. The number of fused-ring (bicyclic) bond motifs is 1. The van der Waals surface area contributed by atoms with Crippen LogP contribution in [0.4, 0.5) is 5.95 Å². The maximum Gasteiger partial charge on any atom is 0.240 e. The van der Waals surface area contributed by atoms with Crippen molar-refractivity contribution in [1.29, 1.82) is 0 Å². The van der Waals surface area contributed by atoms with E-state index in [0.29, 0.717) is 18.2 Å². The molecule has 2 heterocycles. The Balaban J connectivity index is 0.00000100. The van der Waals surface area contributed by atoms with Gasteiger partial charge in [0.25, 0.3) is 0 Å². The first-order valence-electron chi connectivity index (χ1n) is 8.24. The van der Waals surface area contributed by atoms with Crippen LogP contribution in [0.3, 0.4) is 0 Å². The lowest BCUT2D eigenvalue weighted by molar-refractivity contribution is 0.167. The van der Waals surface area contributed by atoms with Gasteiger partial charge in [0.1, 0.15) is 16.7 Å². The average molecular weight is 417 g/mol. The lowest BCUT2D eigenvalue weighted by atomic mass is 9.90. The van der Waals surface area contributed by atoms with Gasteiger partial charge in [0.05, 0.1) is 11.1 Å². The minimum absolute atomic E-state index is 0.269. The maximum absolute atomic E-state index is 11.3. The summed E-state index contributed by atoms with van der Waals surface area (Å²) in [7, 11) is -1.19. The van der Waals surface area contributed by atoms with Crippen LogP contribution in [0.2, 0.25) is 0 Å². The summed E-state index contributed by atoms with van der Waals surface area (Å²) >= 11 is 3.52. The lowest BCUT2D eigenvalue weighted by Gasteiger charge is -2.23. The molecule has 24 heavy (non-hydrogen) atoms. The molecule has 3 rings (SSSR count). The monoisotopic (exact) mass is 416 g/mol. The number of ether oxygens (including phenoxy) is 1. The summed E-state index contributed by atoms with van der Waals surface area (Å²) in [5, 5.41) is 8.09. The van der Waals surface area contributed by atoms with Crippen molar-refractivity contribution in [2.45, 2.75) is 46.5 Å². The molecule has 0 saturated heterocycles. The standard InChI is InChI=1S/C14H19BrN4O2S.C2H6/c1-14(5-3-4-6-14)9-21-11-7-12-16-17-13(18-22(2)20)19(12)8-10(11)15;1-2/h7-8H,3-6,9H2,1-2H3,(H,17,18);1-2H3. The fourth-order valence-corrected chi connectivity index (χ4v) is 3.66. The molecule has 0 aromatic carbocycles. The zero-order valence-electron chi connectivity index (χ0n) is 14.6. The molecule has 1 aliphatic rings. The minimum Gasteiger partial charge on any atom is -0.492 e. The summed E-state index contributed by atoms with van der Waals surface area (Å²) in [5.41, 5.74) is 0.924. The molecular weight excluding hydrogens is 392 g/mol. The molecule has 0 bridgehead atoms. The third kappa shape index (κ3) is 4.47. The van der Waals surface area contributed by atoms with E-state index >= 15 is 0 Å². The number of aromatic nitrogens is 3. The third-order valence-corrected chi connectivity index (χ3v) is 5.15. The molecule has 1 unspecified atom stereocenters. The molecule has 1 N–H and O–H groups in total. The number of pyridine rings is 1. The fraction of sp³-hybridized carbons (Fsp3) is 0.625. The summed E-state index contributed by atoms with van der Waals surface area (Å²) in [6.45, 7) is 6.99. The largest absolute Gasteiger partial charge is 0.492 e. The third-order valence-electron chi connectivity index (χ3n) is 4.08. The Bertz CT molecular complexity index is 713. The van der Waals surface area contributed by atoms with E-state index in [-0.39, 0.29) is 5.41 Å². The van der Waals surface area contributed by atoms with E-state index in [2.05, 4.69) is 37.8 Å². The van der Waals surface area contributed by atoms with E-state index in [0.717, 1.165) is 10.2 Å². The molecule has 1 aliphatic carbocycles. The van der Waals surface area contributed by atoms with Crippen LogP contribution in [0.25, 0.3) is 5.65 Å². The molecule has 6 nitrogen and oxygen atoms in total. The Labute approximate surface area is 154 Å². The van der Waals surface area contributed by atoms with E-state index in [1.54, 1.807) is 10.7 Å². The molecule has 0 amide bonds. The molecule has 1 fully saturated rings. The zero-order chi connectivity index (χ0) is 17.7. The summed E-state index contributed by atoms with van der Waals surface area (Å²) in [6.07, 6.45) is 8.38. The van der Waals surface area contributed by atoms with E-state index < -0.39 is 11.0 Å². The van der Waals surface area contributed by atoms with Gasteiger partial charge in [-0.15, -0.1) is 10.2 Å². The molecule has 1 saturated carbocycles. The van der Waals surface area contributed by atoms with Crippen LogP contribution in [-0.4, -0.2) is 31.7 Å². The Kier molecular flexibility index (Phi) is 6.62. The predicted octanol–water partition coefficient (Wildman–Crippen LogP) is 4.18. The van der Waals surface area contributed by atoms with Gasteiger partial charge in [-0.3, -0.25) is 9.12 Å². The number of halogens is 1. The van der Waals surface area contributed by atoms with Gasteiger partial charge in [-0.25, -0.2) is 4.21 Å².